The third kappa shape index (κ3) is 4.70. The summed E-state index contributed by atoms with van der Waals surface area (Å²) in [5.74, 6) is 0.932. The topological polar surface area (TPSA) is 39.1 Å². The lowest BCUT2D eigenvalue weighted by Gasteiger charge is -2.11. The maximum Gasteiger partial charge on any atom is 0.120 e. The number of benzene rings is 1. The first-order valence-corrected chi connectivity index (χ1v) is 7.09. The van der Waals surface area contributed by atoms with Crippen molar-refractivity contribution in [2.24, 2.45) is 0 Å². The van der Waals surface area contributed by atoms with Crippen molar-refractivity contribution in [1.29, 1.82) is 0 Å². The normalized spacial score (nSPS) is 11.0. The molecule has 0 fully saturated rings. The molecule has 2 rings (SSSR count). The van der Waals surface area contributed by atoms with Crippen LogP contribution in [0.5, 0.6) is 5.75 Å². The summed E-state index contributed by atoms with van der Waals surface area (Å²) in [6.07, 6.45) is 4.15. The van der Waals surface area contributed by atoms with Gasteiger partial charge in [-0.1, -0.05) is 12.1 Å². The average molecular weight is 273 g/mol. The summed E-state index contributed by atoms with van der Waals surface area (Å²) < 4.78 is 7.65. The minimum Gasteiger partial charge on any atom is -0.491 e. The lowest BCUT2D eigenvalue weighted by molar-refractivity contribution is 0.242. The Morgan fingerprint density at radius 3 is 2.90 bits per heavy atom. The van der Waals surface area contributed by atoms with Crippen molar-refractivity contribution in [3.8, 4) is 5.75 Å². The van der Waals surface area contributed by atoms with Crippen molar-refractivity contribution in [3.05, 3.63) is 47.8 Å². The van der Waals surface area contributed by atoms with Gasteiger partial charge in [0.05, 0.1) is 18.8 Å². The number of ether oxygens (including phenoxy) is 1. The quantitative estimate of drug-likeness (QED) is 0.788. The van der Waals surface area contributed by atoms with Crippen molar-refractivity contribution in [2.75, 3.05) is 6.54 Å². The van der Waals surface area contributed by atoms with E-state index in [1.54, 1.807) is 0 Å². The molecule has 0 saturated heterocycles. The fraction of sp³-hybridized carbons (Fsp3) is 0.438. The molecule has 0 bridgehead atoms. The molecule has 0 saturated carbocycles. The lowest BCUT2D eigenvalue weighted by atomic mass is 10.2. The van der Waals surface area contributed by atoms with E-state index in [-0.39, 0.29) is 6.10 Å². The van der Waals surface area contributed by atoms with Crippen molar-refractivity contribution in [3.63, 3.8) is 0 Å². The van der Waals surface area contributed by atoms with Crippen LogP contribution in [0.25, 0.3) is 0 Å². The second kappa shape index (κ2) is 7.10. The van der Waals surface area contributed by atoms with Gasteiger partial charge in [-0.15, -0.1) is 0 Å². The third-order valence-corrected chi connectivity index (χ3v) is 2.88. The zero-order chi connectivity index (χ0) is 14.4. The van der Waals surface area contributed by atoms with Crippen LogP contribution in [-0.4, -0.2) is 22.4 Å². The molecule has 0 aliphatic heterocycles. The van der Waals surface area contributed by atoms with E-state index >= 15 is 0 Å². The van der Waals surface area contributed by atoms with Gasteiger partial charge in [-0.3, -0.25) is 4.68 Å². The lowest BCUT2D eigenvalue weighted by Crippen LogP contribution is -2.19. The van der Waals surface area contributed by atoms with E-state index in [1.165, 1.54) is 11.1 Å². The number of nitrogens with one attached hydrogen (secondary N) is 1. The summed E-state index contributed by atoms with van der Waals surface area (Å²) in [5, 5.41) is 7.69. The molecule has 1 N–H and O–H groups in total. The predicted octanol–water partition coefficient (Wildman–Crippen LogP) is 2.77. The van der Waals surface area contributed by atoms with Gasteiger partial charge in [0, 0.05) is 19.3 Å². The Balaban J connectivity index is 1.76. The second-order valence-corrected chi connectivity index (χ2v) is 5.27. The van der Waals surface area contributed by atoms with Crippen LogP contribution >= 0.6 is 0 Å². The van der Waals surface area contributed by atoms with Crippen molar-refractivity contribution in [1.82, 2.24) is 15.1 Å². The summed E-state index contributed by atoms with van der Waals surface area (Å²) in [6, 6.07) is 8.23. The van der Waals surface area contributed by atoms with Crippen LogP contribution in [0.15, 0.2) is 36.7 Å². The summed E-state index contributed by atoms with van der Waals surface area (Å²) in [5.41, 5.74) is 2.43. The summed E-state index contributed by atoms with van der Waals surface area (Å²) in [6.45, 7) is 8.76. The van der Waals surface area contributed by atoms with E-state index in [0.717, 1.165) is 25.4 Å². The van der Waals surface area contributed by atoms with Gasteiger partial charge in [-0.2, -0.15) is 5.10 Å². The first-order valence-electron chi connectivity index (χ1n) is 7.09. The van der Waals surface area contributed by atoms with Crippen molar-refractivity contribution < 1.29 is 4.74 Å². The van der Waals surface area contributed by atoms with Gasteiger partial charge in [0.15, 0.2) is 0 Å². The molecule has 1 aromatic carbocycles. The highest BCUT2D eigenvalue weighted by atomic mass is 16.5. The van der Waals surface area contributed by atoms with Crippen molar-refractivity contribution >= 4 is 0 Å². The predicted molar refractivity (Wildman–Crippen MR) is 80.9 cm³/mol. The number of rotatable bonds is 7. The second-order valence-electron chi connectivity index (χ2n) is 5.27. The number of hydrogen-bond acceptors (Lipinski definition) is 3. The molecule has 0 atom stereocenters. The molecule has 0 amide bonds. The standard InChI is InChI=1S/C16H23N3O/c1-13(2)20-16-6-4-5-15(9-16)11-17-7-8-19-12-14(3)10-18-19/h4-6,9-10,12-13,17H,7-8,11H2,1-3H3. The first-order chi connectivity index (χ1) is 9.63. The Morgan fingerprint density at radius 1 is 1.35 bits per heavy atom. The molecule has 108 valence electrons. The Kier molecular flexibility index (Phi) is 5.18. The molecule has 1 aromatic heterocycles. The highest BCUT2D eigenvalue weighted by Crippen LogP contribution is 2.14. The van der Waals surface area contributed by atoms with Crippen LogP contribution < -0.4 is 10.1 Å². The van der Waals surface area contributed by atoms with Crippen LogP contribution in [0.4, 0.5) is 0 Å². The van der Waals surface area contributed by atoms with Crippen molar-refractivity contribution in [2.45, 2.75) is 40.0 Å². The summed E-state index contributed by atoms with van der Waals surface area (Å²) >= 11 is 0. The maximum atomic E-state index is 5.69. The monoisotopic (exact) mass is 273 g/mol. The minimum atomic E-state index is 0.210. The molecule has 1 heterocycles. The molecule has 4 heteroatoms. The van der Waals surface area contributed by atoms with Gasteiger partial charge in [0.2, 0.25) is 0 Å². The molecule has 0 spiro atoms. The largest absolute Gasteiger partial charge is 0.491 e. The maximum absolute atomic E-state index is 5.69. The third-order valence-electron chi connectivity index (χ3n) is 2.88. The molecule has 0 aliphatic carbocycles. The van der Waals surface area contributed by atoms with E-state index < -0.39 is 0 Å². The SMILES string of the molecule is Cc1cnn(CCNCc2cccc(OC(C)C)c2)c1. The zero-order valence-electron chi connectivity index (χ0n) is 12.5. The fourth-order valence-electron chi connectivity index (χ4n) is 2.02. The molecule has 20 heavy (non-hydrogen) atoms. The molecule has 4 nitrogen and oxygen atoms in total. The van der Waals surface area contributed by atoms with E-state index in [1.807, 2.05) is 36.9 Å². The Hall–Kier alpha value is -1.81. The molecule has 0 aliphatic rings. The highest BCUT2D eigenvalue weighted by Gasteiger charge is 2.00. The van der Waals surface area contributed by atoms with E-state index in [9.17, 15) is 0 Å². The van der Waals surface area contributed by atoms with Gasteiger partial charge in [-0.25, -0.2) is 0 Å². The Morgan fingerprint density at radius 2 is 2.20 bits per heavy atom. The van der Waals surface area contributed by atoms with Gasteiger partial charge in [0.1, 0.15) is 5.75 Å². The van der Waals surface area contributed by atoms with E-state index in [0.29, 0.717) is 0 Å². The Labute approximate surface area is 120 Å². The van der Waals surface area contributed by atoms with Gasteiger partial charge in [-0.05, 0) is 44.0 Å². The summed E-state index contributed by atoms with van der Waals surface area (Å²) in [4.78, 5) is 0. The van der Waals surface area contributed by atoms with Crippen LogP contribution in [-0.2, 0) is 13.1 Å². The number of aryl methyl sites for hydroxylation is 1. The minimum absolute atomic E-state index is 0.210. The average Bonchev–Trinajstić information content (AvgIpc) is 2.80. The Bertz CT molecular complexity index is 534. The molecule has 0 unspecified atom stereocenters. The van der Waals surface area contributed by atoms with Gasteiger partial charge < -0.3 is 10.1 Å². The van der Waals surface area contributed by atoms with Crippen LogP contribution in [0, 0.1) is 6.92 Å². The number of hydrogen-bond donors (Lipinski definition) is 1. The number of nitrogens with zero attached hydrogens (tertiary/aromatic N) is 2. The zero-order valence-corrected chi connectivity index (χ0v) is 12.5. The first kappa shape index (κ1) is 14.6. The van der Waals surface area contributed by atoms with E-state index in [4.69, 9.17) is 4.74 Å². The van der Waals surface area contributed by atoms with Gasteiger partial charge >= 0.3 is 0 Å². The smallest absolute Gasteiger partial charge is 0.120 e. The molecular formula is C16H23N3O. The number of aromatic nitrogens is 2. The van der Waals surface area contributed by atoms with Crippen LogP contribution in [0.2, 0.25) is 0 Å². The van der Waals surface area contributed by atoms with Crippen LogP contribution in [0.1, 0.15) is 25.0 Å². The summed E-state index contributed by atoms with van der Waals surface area (Å²) in [7, 11) is 0. The molecular weight excluding hydrogens is 250 g/mol. The molecule has 0 radical (unpaired) electrons. The van der Waals surface area contributed by atoms with E-state index in [2.05, 4.69) is 35.7 Å². The van der Waals surface area contributed by atoms with Gasteiger partial charge in [0.25, 0.3) is 0 Å². The van der Waals surface area contributed by atoms with Crippen LogP contribution in [0.3, 0.4) is 0 Å². The fourth-order valence-corrected chi connectivity index (χ4v) is 2.02. The molecule has 2 aromatic rings. The highest BCUT2D eigenvalue weighted by molar-refractivity contribution is 5.28.